The molecule has 1 radical (unpaired) electrons. The van der Waals surface area contributed by atoms with Gasteiger partial charge in [-0.1, -0.05) is 38.5 Å². The average molecular weight is 258 g/mol. The highest BCUT2D eigenvalue weighted by molar-refractivity contribution is 5.34. The van der Waals surface area contributed by atoms with Crippen molar-refractivity contribution in [3.05, 3.63) is 47.5 Å². The van der Waals surface area contributed by atoms with Crippen LogP contribution >= 0.6 is 0 Å². The van der Waals surface area contributed by atoms with Gasteiger partial charge in [0.25, 0.3) is 0 Å². The first-order valence-corrected chi connectivity index (χ1v) is 7.31. The van der Waals surface area contributed by atoms with Crippen molar-refractivity contribution in [3.8, 4) is 0 Å². The van der Waals surface area contributed by atoms with Gasteiger partial charge in [-0.3, -0.25) is 0 Å². The van der Waals surface area contributed by atoms with Crippen molar-refractivity contribution in [2.45, 2.75) is 58.9 Å². The maximum atomic E-state index is 6.65. The number of aryl methyl sites for hydroxylation is 1. The zero-order valence-corrected chi connectivity index (χ0v) is 12.9. The average Bonchev–Trinajstić information content (AvgIpc) is 2.35. The topological polar surface area (TPSA) is 26.0 Å². The molecule has 0 spiro atoms. The van der Waals surface area contributed by atoms with Crippen molar-refractivity contribution in [1.82, 2.24) is 0 Å². The summed E-state index contributed by atoms with van der Waals surface area (Å²) in [4.78, 5) is 0. The van der Waals surface area contributed by atoms with Gasteiger partial charge in [0.1, 0.15) is 0 Å². The lowest BCUT2D eigenvalue weighted by atomic mass is 9.79. The Bertz CT molecular complexity index is 419. The molecule has 1 rings (SSSR count). The van der Waals surface area contributed by atoms with E-state index in [9.17, 15) is 0 Å². The van der Waals surface area contributed by atoms with Crippen LogP contribution in [0.4, 0.5) is 0 Å². The molecule has 0 saturated carbocycles. The van der Waals surface area contributed by atoms with Gasteiger partial charge in [0, 0.05) is 5.54 Å². The SMILES string of the molecule is C=C(C)CC(N)(CC)c1c[c]ccc1CCC(C)C. The quantitative estimate of drug-likeness (QED) is 0.710. The minimum Gasteiger partial charge on any atom is -0.321 e. The summed E-state index contributed by atoms with van der Waals surface area (Å²) in [5, 5.41) is 0. The summed E-state index contributed by atoms with van der Waals surface area (Å²) in [6, 6.07) is 9.43. The van der Waals surface area contributed by atoms with E-state index in [0.29, 0.717) is 5.92 Å². The molecule has 1 atom stereocenters. The van der Waals surface area contributed by atoms with Crippen LogP contribution in [-0.2, 0) is 12.0 Å². The van der Waals surface area contributed by atoms with E-state index in [1.807, 2.05) is 6.07 Å². The second-order valence-electron chi connectivity index (χ2n) is 6.16. The highest BCUT2D eigenvalue weighted by Crippen LogP contribution is 2.32. The molecule has 0 bridgehead atoms. The molecule has 19 heavy (non-hydrogen) atoms. The van der Waals surface area contributed by atoms with Gasteiger partial charge in [0.05, 0.1) is 0 Å². The van der Waals surface area contributed by atoms with Crippen LogP contribution in [0.25, 0.3) is 0 Å². The third kappa shape index (κ3) is 4.50. The summed E-state index contributed by atoms with van der Waals surface area (Å²) in [5.74, 6) is 0.715. The van der Waals surface area contributed by atoms with Crippen LogP contribution in [0.5, 0.6) is 0 Å². The van der Waals surface area contributed by atoms with Crippen molar-refractivity contribution in [2.75, 3.05) is 0 Å². The summed E-state index contributed by atoms with van der Waals surface area (Å²) < 4.78 is 0. The summed E-state index contributed by atoms with van der Waals surface area (Å²) in [5.41, 5.74) is 10.1. The van der Waals surface area contributed by atoms with Crippen LogP contribution in [0, 0.1) is 12.0 Å². The Morgan fingerprint density at radius 2 is 2.16 bits per heavy atom. The summed E-state index contributed by atoms with van der Waals surface area (Å²) in [7, 11) is 0. The highest BCUT2D eigenvalue weighted by atomic mass is 14.7. The fourth-order valence-corrected chi connectivity index (χ4v) is 2.54. The summed E-state index contributed by atoms with van der Waals surface area (Å²) in [6.07, 6.45) is 4.06. The molecule has 0 aliphatic heterocycles. The monoisotopic (exact) mass is 258 g/mol. The molecule has 1 aromatic rings. The van der Waals surface area contributed by atoms with Crippen molar-refractivity contribution >= 4 is 0 Å². The fraction of sp³-hybridized carbons (Fsp3) is 0.556. The first-order valence-electron chi connectivity index (χ1n) is 7.31. The lowest BCUT2D eigenvalue weighted by molar-refractivity contribution is 0.418. The molecule has 1 heteroatoms. The Morgan fingerprint density at radius 1 is 1.47 bits per heavy atom. The smallest absolute Gasteiger partial charge is 0.0447 e. The standard InChI is InChI=1S/C18H28N/c1-6-18(19,13-15(4)5)17-10-8-7-9-16(17)12-11-14(2)3/h7,9-10,14H,4,6,11-13,19H2,1-3,5H3. The van der Waals surface area contributed by atoms with Crippen LogP contribution < -0.4 is 5.73 Å². The summed E-state index contributed by atoms with van der Waals surface area (Å²) in [6.45, 7) is 12.8. The van der Waals surface area contributed by atoms with Gasteiger partial charge >= 0.3 is 0 Å². The molecule has 1 unspecified atom stereocenters. The molecule has 0 aromatic heterocycles. The van der Waals surface area contributed by atoms with Crippen LogP contribution in [0.2, 0.25) is 0 Å². The van der Waals surface area contributed by atoms with Crippen molar-refractivity contribution in [1.29, 1.82) is 0 Å². The molecule has 0 amide bonds. The van der Waals surface area contributed by atoms with E-state index in [2.05, 4.69) is 52.5 Å². The van der Waals surface area contributed by atoms with E-state index in [1.54, 1.807) is 0 Å². The van der Waals surface area contributed by atoms with Gasteiger partial charge in [-0.05, 0) is 61.8 Å². The minimum atomic E-state index is -0.296. The molecule has 1 aromatic carbocycles. The van der Waals surface area contributed by atoms with Crippen molar-refractivity contribution < 1.29 is 0 Å². The molecular formula is C18H28N. The third-order valence-electron chi connectivity index (χ3n) is 3.73. The molecule has 0 heterocycles. The van der Waals surface area contributed by atoms with Gasteiger partial charge in [-0.2, -0.15) is 0 Å². The molecule has 0 aliphatic rings. The Morgan fingerprint density at radius 3 is 2.68 bits per heavy atom. The maximum Gasteiger partial charge on any atom is 0.0447 e. The molecule has 1 nitrogen and oxygen atoms in total. The van der Waals surface area contributed by atoms with Crippen molar-refractivity contribution in [3.63, 3.8) is 0 Å². The van der Waals surface area contributed by atoms with Gasteiger partial charge in [-0.15, -0.1) is 6.58 Å². The van der Waals surface area contributed by atoms with E-state index in [1.165, 1.54) is 17.5 Å². The van der Waals surface area contributed by atoms with Crippen molar-refractivity contribution in [2.24, 2.45) is 11.7 Å². The fourth-order valence-electron chi connectivity index (χ4n) is 2.54. The van der Waals surface area contributed by atoms with Gasteiger partial charge in [0.2, 0.25) is 0 Å². The number of nitrogens with two attached hydrogens (primary N) is 1. The second-order valence-corrected chi connectivity index (χ2v) is 6.16. The Hall–Kier alpha value is -1.08. The van der Waals surface area contributed by atoms with E-state index >= 15 is 0 Å². The van der Waals surface area contributed by atoms with E-state index < -0.39 is 0 Å². The van der Waals surface area contributed by atoms with Crippen LogP contribution in [-0.4, -0.2) is 0 Å². The second kappa shape index (κ2) is 6.91. The lowest BCUT2D eigenvalue weighted by Gasteiger charge is -2.31. The first kappa shape index (κ1) is 16.0. The number of hydrogen-bond acceptors (Lipinski definition) is 1. The molecular weight excluding hydrogens is 230 g/mol. The van der Waals surface area contributed by atoms with E-state index in [0.717, 1.165) is 24.8 Å². The minimum absolute atomic E-state index is 0.296. The van der Waals surface area contributed by atoms with Gasteiger partial charge in [0.15, 0.2) is 0 Å². The molecule has 0 aliphatic carbocycles. The predicted molar refractivity (Wildman–Crippen MR) is 84.0 cm³/mol. The Labute approximate surface area is 118 Å². The number of rotatable bonds is 7. The predicted octanol–water partition coefficient (Wildman–Crippen LogP) is 4.61. The molecule has 2 N–H and O–H groups in total. The first-order chi connectivity index (χ1) is 8.89. The number of benzene rings is 1. The molecule has 105 valence electrons. The summed E-state index contributed by atoms with van der Waals surface area (Å²) >= 11 is 0. The highest BCUT2D eigenvalue weighted by Gasteiger charge is 2.27. The normalized spacial score (nSPS) is 14.4. The third-order valence-corrected chi connectivity index (χ3v) is 3.73. The van der Waals surface area contributed by atoms with Crippen LogP contribution in [0.3, 0.4) is 0 Å². The largest absolute Gasteiger partial charge is 0.321 e. The molecule has 0 fully saturated rings. The van der Waals surface area contributed by atoms with E-state index in [-0.39, 0.29) is 5.54 Å². The van der Waals surface area contributed by atoms with E-state index in [4.69, 9.17) is 5.73 Å². The lowest BCUT2D eigenvalue weighted by Crippen LogP contribution is -2.37. The van der Waals surface area contributed by atoms with Gasteiger partial charge < -0.3 is 5.73 Å². The zero-order valence-electron chi connectivity index (χ0n) is 12.9. The Kier molecular flexibility index (Phi) is 5.81. The zero-order chi connectivity index (χ0) is 14.5. The maximum absolute atomic E-state index is 6.65. The van der Waals surface area contributed by atoms with Crippen LogP contribution in [0.15, 0.2) is 30.4 Å². The molecule has 0 saturated heterocycles. The number of hydrogen-bond donors (Lipinski definition) is 1. The Balaban J connectivity index is 3.05. The van der Waals surface area contributed by atoms with Crippen LogP contribution in [0.1, 0.15) is 58.1 Å². The van der Waals surface area contributed by atoms with Gasteiger partial charge in [-0.25, -0.2) is 0 Å².